The van der Waals surface area contributed by atoms with Gasteiger partial charge in [0.1, 0.15) is 16.5 Å². The van der Waals surface area contributed by atoms with Gasteiger partial charge < -0.3 is 15.4 Å². The maximum absolute atomic E-state index is 12.6. The monoisotopic (exact) mass is 407 g/mol. The van der Waals surface area contributed by atoms with Crippen molar-refractivity contribution in [2.24, 2.45) is 0 Å². The lowest BCUT2D eigenvalue weighted by atomic mass is 10.0. The van der Waals surface area contributed by atoms with Gasteiger partial charge in [0.25, 0.3) is 11.8 Å². The van der Waals surface area contributed by atoms with Gasteiger partial charge in [-0.3, -0.25) is 9.59 Å². The highest BCUT2D eigenvalue weighted by Gasteiger charge is 2.24. The minimum Gasteiger partial charge on any atom is -0.479 e. The second-order valence-corrected chi connectivity index (χ2v) is 8.09. The lowest BCUT2D eigenvalue weighted by Gasteiger charge is -2.23. The summed E-state index contributed by atoms with van der Waals surface area (Å²) in [4.78, 5) is 28.8. The van der Waals surface area contributed by atoms with E-state index in [0.717, 1.165) is 10.6 Å². The Morgan fingerprint density at radius 1 is 1.21 bits per heavy atom. The summed E-state index contributed by atoms with van der Waals surface area (Å²) in [5.74, 6) is 0.531. The van der Waals surface area contributed by atoms with Crippen molar-refractivity contribution in [3.05, 3.63) is 59.1 Å². The maximum Gasteiger partial charge on any atom is 0.275 e. The molecule has 0 unspecified atom stereocenters. The Hall–Kier alpha value is -3.19. The van der Waals surface area contributed by atoms with Crippen LogP contribution in [-0.4, -0.2) is 22.9 Å². The van der Waals surface area contributed by atoms with Crippen molar-refractivity contribution in [1.82, 2.24) is 4.98 Å². The third-order valence-corrected chi connectivity index (χ3v) is 5.62. The van der Waals surface area contributed by atoms with Crippen LogP contribution in [0, 0.1) is 0 Å². The predicted octanol–water partition coefficient (Wildman–Crippen LogP) is 4.91. The van der Waals surface area contributed by atoms with E-state index in [1.54, 1.807) is 30.5 Å². The zero-order valence-corrected chi connectivity index (χ0v) is 17.2. The van der Waals surface area contributed by atoms with E-state index in [1.165, 1.54) is 16.9 Å². The van der Waals surface area contributed by atoms with E-state index < -0.39 is 6.10 Å². The summed E-state index contributed by atoms with van der Waals surface area (Å²) in [7, 11) is 0. The molecule has 1 atom stereocenters. The number of rotatable bonds is 4. The van der Waals surface area contributed by atoms with Crippen molar-refractivity contribution < 1.29 is 14.3 Å². The number of fused-ring (bicyclic) bond motifs is 1. The largest absolute Gasteiger partial charge is 0.479 e. The second kappa shape index (κ2) is 7.67. The average molecular weight is 407 g/mol. The van der Waals surface area contributed by atoms with Crippen LogP contribution >= 0.6 is 11.3 Å². The summed E-state index contributed by atoms with van der Waals surface area (Å²) in [5, 5.41) is 8.13. The van der Waals surface area contributed by atoms with Gasteiger partial charge in [0.2, 0.25) is 0 Å². The van der Waals surface area contributed by atoms with E-state index in [9.17, 15) is 9.59 Å². The third-order valence-electron chi connectivity index (χ3n) is 4.73. The van der Waals surface area contributed by atoms with Crippen molar-refractivity contribution in [1.29, 1.82) is 0 Å². The standard InChI is InChI=1S/C22H21N3O3S/c1-12(2)14-4-6-15(7-5-14)22-25-18(11-29-22)21(27)23-16-8-9-19-17(10-16)24-20(26)13(3)28-19/h4-13H,1-3H3,(H,23,27)(H,24,26)/t13-/m1/s1. The predicted molar refractivity (Wildman–Crippen MR) is 115 cm³/mol. The maximum atomic E-state index is 12.6. The molecule has 3 aromatic rings. The molecular weight excluding hydrogens is 386 g/mol. The molecule has 0 fully saturated rings. The number of anilines is 2. The fourth-order valence-electron chi connectivity index (χ4n) is 3.00. The molecule has 2 aromatic carbocycles. The Morgan fingerprint density at radius 2 is 1.97 bits per heavy atom. The number of aromatic nitrogens is 1. The van der Waals surface area contributed by atoms with E-state index in [-0.39, 0.29) is 11.8 Å². The number of hydrogen-bond acceptors (Lipinski definition) is 5. The van der Waals surface area contributed by atoms with Crippen LogP contribution in [0.5, 0.6) is 5.75 Å². The third kappa shape index (κ3) is 4.00. The van der Waals surface area contributed by atoms with Crippen LogP contribution in [0.25, 0.3) is 10.6 Å². The topological polar surface area (TPSA) is 80.3 Å². The molecule has 7 heteroatoms. The molecule has 4 rings (SSSR count). The first-order chi connectivity index (χ1) is 13.9. The molecule has 0 bridgehead atoms. The first-order valence-corrected chi connectivity index (χ1v) is 10.3. The van der Waals surface area contributed by atoms with Crippen LogP contribution < -0.4 is 15.4 Å². The molecule has 2 N–H and O–H groups in total. The van der Waals surface area contributed by atoms with E-state index in [1.807, 2.05) is 12.1 Å². The molecule has 148 valence electrons. The van der Waals surface area contributed by atoms with Gasteiger partial charge in [-0.05, 0) is 36.6 Å². The average Bonchev–Trinajstić information content (AvgIpc) is 3.19. The normalized spacial score (nSPS) is 15.4. The smallest absolute Gasteiger partial charge is 0.275 e. The van der Waals surface area contributed by atoms with Gasteiger partial charge in [-0.15, -0.1) is 11.3 Å². The molecule has 0 saturated heterocycles. The fraction of sp³-hybridized carbons (Fsp3) is 0.227. The van der Waals surface area contributed by atoms with Crippen LogP contribution in [0.15, 0.2) is 47.8 Å². The lowest BCUT2D eigenvalue weighted by Crippen LogP contribution is -2.34. The van der Waals surface area contributed by atoms with E-state index in [2.05, 4.69) is 41.6 Å². The zero-order valence-electron chi connectivity index (χ0n) is 16.4. The van der Waals surface area contributed by atoms with Crippen LogP contribution in [0.1, 0.15) is 42.7 Å². The van der Waals surface area contributed by atoms with E-state index >= 15 is 0 Å². The number of benzene rings is 2. The molecule has 2 amide bonds. The highest BCUT2D eigenvalue weighted by molar-refractivity contribution is 7.13. The Labute approximate surface area is 172 Å². The van der Waals surface area contributed by atoms with Gasteiger partial charge >= 0.3 is 0 Å². The quantitative estimate of drug-likeness (QED) is 0.644. The molecule has 0 spiro atoms. The summed E-state index contributed by atoms with van der Waals surface area (Å²) in [5.41, 5.74) is 3.70. The highest BCUT2D eigenvalue weighted by Crippen LogP contribution is 2.32. The van der Waals surface area contributed by atoms with Crippen LogP contribution in [0.4, 0.5) is 11.4 Å². The second-order valence-electron chi connectivity index (χ2n) is 7.23. The van der Waals surface area contributed by atoms with Gasteiger partial charge in [0.05, 0.1) is 5.69 Å². The van der Waals surface area contributed by atoms with Crippen molar-refractivity contribution in [2.45, 2.75) is 32.8 Å². The number of thiazole rings is 1. The van der Waals surface area contributed by atoms with Crippen LogP contribution in [0.3, 0.4) is 0 Å². The Morgan fingerprint density at radius 3 is 2.69 bits per heavy atom. The molecule has 1 aromatic heterocycles. The molecule has 6 nitrogen and oxygen atoms in total. The molecule has 0 aliphatic carbocycles. The number of hydrogen-bond donors (Lipinski definition) is 2. The highest BCUT2D eigenvalue weighted by atomic mass is 32.1. The molecule has 29 heavy (non-hydrogen) atoms. The fourth-order valence-corrected chi connectivity index (χ4v) is 3.81. The minimum absolute atomic E-state index is 0.214. The van der Waals surface area contributed by atoms with Crippen LogP contribution in [0.2, 0.25) is 0 Å². The molecule has 1 aliphatic heterocycles. The van der Waals surface area contributed by atoms with Crippen molar-refractivity contribution in [3.63, 3.8) is 0 Å². The Bertz CT molecular complexity index is 1070. The Kier molecular flexibility index (Phi) is 5.07. The zero-order chi connectivity index (χ0) is 20.5. The van der Waals surface area contributed by atoms with Gasteiger partial charge in [-0.1, -0.05) is 38.1 Å². The number of ether oxygens (including phenoxy) is 1. The number of carbonyl (C=O) groups excluding carboxylic acids is 2. The number of carbonyl (C=O) groups is 2. The number of amides is 2. The van der Waals surface area contributed by atoms with Crippen LogP contribution in [-0.2, 0) is 4.79 Å². The van der Waals surface area contributed by atoms with Crippen molar-refractivity contribution >= 4 is 34.5 Å². The first-order valence-electron chi connectivity index (χ1n) is 9.39. The van der Waals surface area contributed by atoms with Crippen molar-refractivity contribution in [3.8, 4) is 16.3 Å². The summed E-state index contributed by atoms with van der Waals surface area (Å²) >= 11 is 1.43. The number of nitrogens with zero attached hydrogens (tertiary/aromatic N) is 1. The van der Waals surface area contributed by atoms with E-state index in [0.29, 0.717) is 28.7 Å². The summed E-state index contributed by atoms with van der Waals surface area (Å²) in [6.07, 6.45) is -0.536. The van der Waals surface area contributed by atoms with Crippen molar-refractivity contribution in [2.75, 3.05) is 10.6 Å². The summed E-state index contributed by atoms with van der Waals surface area (Å²) < 4.78 is 5.53. The minimum atomic E-state index is -0.536. The van der Waals surface area contributed by atoms with Gasteiger partial charge in [0, 0.05) is 16.6 Å². The van der Waals surface area contributed by atoms with Gasteiger partial charge in [-0.25, -0.2) is 4.98 Å². The van der Waals surface area contributed by atoms with Gasteiger partial charge in [0.15, 0.2) is 6.10 Å². The van der Waals surface area contributed by atoms with E-state index in [4.69, 9.17) is 4.74 Å². The summed E-state index contributed by atoms with van der Waals surface area (Å²) in [6.45, 7) is 5.99. The molecule has 1 aliphatic rings. The summed E-state index contributed by atoms with van der Waals surface area (Å²) in [6, 6.07) is 13.4. The molecular formula is C22H21N3O3S. The SMILES string of the molecule is CC(C)c1ccc(-c2nc(C(=O)Nc3ccc4c(c3)NC(=O)[C@@H](C)O4)cs2)cc1. The Balaban J connectivity index is 1.48. The van der Waals surface area contributed by atoms with Gasteiger partial charge in [-0.2, -0.15) is 0 Å². The number of nitrogens with one attached hydrogen (secondary N) is 2. The first kappa shape index (κ1) is 19.1. The molecule has 0 saturated carbocycles. The molecule has 2 heterocycles. The lowest BCUT2D eigenvalue weighted by molar-refractivity contribution is -0.122. The molecule has 0 radical (unpaired) electrons.